The average Bonchev–Trinajstić information content (AvgIpc) is 2.81. The Kier molecular flexibility index (Phi) is 3.67. The van der Waals surface area contributed by atoms with Crippen molar-refractivity contribution in [3.8, 4) is 0 Å². The highest BCUT2D eigenvalue weighted by Gasteiger charge is 2.29. The summed E-state index contributed by atoms with van der Waals surface area (Å²) in [5.74, 6) is 0.475. The summed E-state index contributed by atoms with van der Waals surface area (Å²) in [5.41, 5.74) is 3.01. The lowest BCUT2D eigenvalue weighted by Crippen LogP contribution is -2.45. The molecular formula is C16H23NO. The second kappa shape index (κ2) is 5.41. The highest BCUT2D eigenvalue weighted by atomic mass is 16.3. The Morgan fingerprint density at radius 3 is 2.39 bits per heavy atom. The Labute approximate surface area is 109 Å². The maximum Gasteiger partial charge on any atom is 0.0474 e. The molecule has 0 spiro atoms. The molecule has 2 aliphatic carbocycles. The molecule has 2 atom stereocenters. The number of hydrogen-bond acceptors (Lipinski definition) is 2. The van der Waals surface area contributed by atoms with E-state index >= 15 is 0 Å². The molecule has 0 radical (unpaired) electrons. The van der Waals surface area contributed by atoms with E-state index in [1.807, 2.05) is 0 Å². The van der Waals surface area contributed by atoms with E-state index in [9.17, 15) is 5.11 Å². The van der Waals surface area contributed by atoms with Gasteiger partial charge in [0.05, 0.1) is 0 Å². The van der Waals surface area contributed by atoms with Crippen molar-refractivity contribution < 1.29 is 5.11 Å². The first-order valence-electron chi connectivity index (χ1n) is 7.30. The van der Waals surface area contributed by atoms with E-state index in [-0.39, 0.29) is 0 Å². The van der Waals surface area contributed by atoms with Crippen molar-refractivity contribution in [2.24, 2.45) is 5.92 Å². The summed E-state index contributed by atoms with van der Waals surface area (Å²) in [4.78, 5) is 0. The number of nitrogens with one attached hydrogen (secondary N) is 1. The predicted octanol–water partition coefficient (Wildman–Crippen LogP) is 2.29. The average molecular weight is 245 g/mol. The molecule has 1 fully saturated rings. The molecule has 0 aliphatic heterocycles. The van der Waals surface area contributed by atoms with Crippen LogP contribution >= 0.6 is 0 Å². The van der Waals surface area contributed by atoms with Crippen LogP contribution in [0.3, 0.4) is 0 Å². The van der Waals surface area contributed by atoms with Gasteiger partial charge in [0.1, 0.15) is 0 Å². The Balaban J connectivity index is 1.61. The van der Waals surface area contributed by atoms with Gasteiger partial charge < -0.3 is 10.4 Å². The van der Waals surface area contributed by atoms with Gasteiger partial charge in [-0.15, -0.1) is 0 Å². The number of aliphatic hydroxyl groups is 1. The van der Waals surface area contributed by atoms with Gasteiger partial charge in [-0.05, 0) is 42.7 Å². The molecule has 2 unspecified atom stereocenters. The van der Waals surface area contributed by atoms with Crippen molar-refractivity contribution in [3.63, 3.8) is 0 Å². The predicted molar refractivity (Wildman–Crippen MR) is 73.6 cm³/mol. The molecule has 2 N–H and O–H groups in total. The minimum atomic E-state index is 0.345. The van der Waals surface area contributed by atoms with E-state index in [0.717, 1.165) is 12.8 Å². The topological polar surface area (TPSA) is 32.3 Å². The van der Waals surface area contributed by atoms with Crippen LogP contribution in [0.2, 0.25) is 0 Å². The first-order chi connectivity index (χ1) is 8.86. The zero-order valence-corrected chi connectivity index (χ0v) is 10.9. The zero-order chi connectivity index (χ0) is 12.4. The van der Waals surface area contributed by atoms with Gasteiger partial charge in [-0.3, -0.25) is 0 Å². The van der Waals surface area contributed by atoms with Crippen molar-refractivity contribution in [1.82, 2.24) is 5.32 Å². The van der Waals surface area contributed by atoms with E-state index in [1.54, 1.807) is 0 Å². The second-order valence-electron chi connectivity index (χ2n) is 5.87. The van der Waals surface area contributed by atoms with Gasteiger partial charge in [0, 0.05) is 18.7 Å². The Hall–Kier alpha value is -0.860. The Morgan fingerprint density at radius 2 is 1.72 bits per heavy atom. The van der Waals surface area contributed by atoms with Crippen LogP contribution in [0.5, 0.6) is 0 Å². The molecule has 1 saturated carbocycles. The maximum absolute atomic E-state index is 9.47. The summed E-state index contributed by atoms with van der Waals surface area (Å²) in [7, 11) is 0. The molecule has 18 heavy (non-hydrogen) atoms. The van der Waals surface area contributed by atoms with Crippen LogP contribution in [0, 0.1) is 5.92 Å². The number of rotatable bonds is 3. The quantitative estimate of drug-likeness (QED) is 0.856. The fourth-order valence-electron chi connectivity index (χ4n) is 3.63. The Morgan fingerprint density at radius 1 is 1.06 bits per heavy atom. The highest BCUT2D eigenvalue weighted by Crippen LogP contribution is 2.27. The third-order valence-corrected chi connectivity index (χ3v) is 4.64. The van der Waals surface area contributed by atoms with Crippen LogP contribution in [-0.2, 0) is 12.8 Å². The highest BCUT2D eigenvalue weighted by molar-refractivity contribution is 5.33. The van der Waals surface area contributed by atoms with Crippen molar-refractivity contribution in [2.75, 3.05) is 6.61 Å². The van der Waals surface area contributed by atoms with Crippen LogP contribution in [0.4, 0.5) is 0 Å². The van der Waals surface area contributed by atoms with Crippen molar-refractivity contribution in [3.05, 3.63) is 35.4 Å². The lowest BCUT2D eigenvalue weighted by atomic mass is 9.84. The van der Waals surface area contributed by atoms with Gasteiger partial charge >= 0.3 is 0 Å². The summed E-state index contributed by atoms with van der Waals surface area (Å²) >= 11 is 0. The smallest absolute Gasteiger partial charge is 0.0474 e. The zero-order valence-electron chi connectivity index (χ0n) is 10.9. The number of fused-ring (bicyclic) bond motifs is 1. The van der Waals surface area contributed by atoms with Gasteiger partial charge in [0.15, 0.2) is 0 Å². The van der Waals surface area contributed by atoms with Crippen LogP contribution < -0.4 is 5.32 Å². The molecule has 98 valence electrons. The standard InChI is InChI=1S/C16H23NO/c18-11-14-7-3-4-8-16(14)17-15-9-12-5-1-2-6-13(12)10-15/h1-2,5-6,14-18H,3-4,7-11H2. The van der Waals surface area contributed by atoms with E-state index in [2.05, 4.69) is 29.6 Å². The first-order valence-corrected chi connectivity index (χ1v) is 7.30. The van der Waals surface area contributed by atoms with E-state index < -0.39 is 0 Å². The largest absolute Gasteiger partial charge is 0.396 e. The minimum Gasteiger partial charge on any atom is -0.396 e. The fourth-order valence-corrected chi connectivity index (χ4v) is 3.63. The number of aliphatic hydroxyl groups excluding tert-OH is 1. The molecule has 0 aromatic heterocycles. The summed E-state index contributed by atoms with van der Waals surface area (Å²) < 4.78 is 0. The van der Waals surface area contributed by atoms with Crippen LogP contribution in [0.1, 0.15) is 36.8 Å². The monoisotopic (exact) mass is 245 g/mol. The number of hydrogen-bond donors (Lipinski definition) is 2. The SMILES string of the molecule is OCC1CCCCC1NC1Cc2ccccc2C1. The first kappa shape index (κ1) is 12.2. The van der Waals surface area contributed by atoms with Crippen LogP contribution in [-0.4, -0.2) is 23.8 Å². The normalized spacial score (nSPS) is 28.3. The summed E-state index contributed by atoms with van der Waals surface area (Å²) in [6.07, 6.45) is 7.34. The molecular weight excluding hydrogens is 222 g/mol. The molecule has 2 heteroatoms. The van der Waals surface area contributed by atoms with Crippen LogP contribution in [0.15, 0.2) is 24.3 Å². The minimum absolute atomic E-state index is 0.345. The summed E-state index contributed by atoms with van der Waals surface area (Å²) in [6.45, 7) is 0.345. The maximum atomic E-state index is 9.47. The molecule has 0 amide bonds. The third-order valence-electron chi connectivity index (χ3n) is 4.64. The second-order valence-corrected chi connectivity index (χ2v) is 5.87. The van der Waals surface area contributed by atoms with E-state index in [4.69, 9.17) is 0 Å². The van der Waals surface area contributed by atoms with Crippen LogP contribution in [0.25, 0.3) is 0 Å². The molecule has 0 heterocycles. The van der Waals surface area contributed by atoms with E-state index in [1.165, 1.54) is 36.8 Å². The summed E-state index contributed by atoms with van der Waals surface area (Å²) in [6, 6.07) is 9.89. The van der Waals surface area contributed by atoms with Gasteiger partial charge in [-0.2, -0.15) is 0 Å². The molecule has 1 aromatic rings. The molecule has 2 nitrogen and oxygen atoms in total. The fraction of sp³-hybridized carbons (Fsp3) is 0.625. The van der Waals surface area contributed by atoms with Crippen molar-refractivity contribution in [1.29, 1.82) is 0 Å². The summed E-state index contributed by atoms with van der Waals surface area (Å²) in [5, 5.41) is 13.3. The lowest BCUT2D eigenvalue weighted by molar-refractivity contribution is 0.146. The van der Waals surface area contributed by atoms with Gasteiger partial charge in [-0.25, -0.2) is 0 Å². The van der Waals surface area contributed by atoms with Crippen molar-refractivity contribution >= 4 is 0 Å². The molecule has 1 aromatic carbocycles. The van der Waals surface area contributed by atoms with E-state index in [0.29, 0.717) is 24.6 Å². The Bertz CT molecular complexity index is 379. The molecule has 0 bridgehead atoms. The van der Waals surface area contributed by atoms with Crippen molar-refractivity contribution in [2.45, 2.75) is 50.6 Å². The number of benzene rings is 1. The van der Waals surface area contributed by atoms with Gasteiger partial charge in [0.25, 0.3) is 0 Å². The lowest BCUT2D eigenvalue weighted by Gasteiger charge is -2.33. The molecule has 2 aliphatic rings. The molecule has 3 rings (SSSR count). The van der Waals surface area contributed by atoms with Gasteiger partial charge in [0.2, 0.25) is 0 Å². The molecule has 0 saturated heterocycles. The van der Waals surface area contributed by atoms with Gasteiger partial charge in [-0.1, -0.05) is 37.1 Å². The third kappa shape index (κ3) is 2.45.